The topological polar surface area (TPSA) is 61.4 Å². The maximum absolute atomic E-state index is 11.9. The van der Waals surface area contributed by atoms with Crippen molar-refractivity contribution in [3.63, 3.8) is 0 Å². The van der Waals surface area contributed by atoms with E-state index in [0.29, 0.717) is 19.0 Å². The fourth-order valence-electron chi connectivity index (χ4n) is 3.38. The normalized spacial score (nSPS) is 40.4. The van der Waals surface area contributed by atoms with Crippen molar-refractivity contribution >= 4 is 11.8 Å². The van der Waals surface area contributed by atoms with E-state index in [1.165, 1.54) is 0 Å². The van der Waals surface area contributed by atoms with Crippen molar-refractivity contribution in [2.75, 3.05) is 19.6 Å². The van der Waals surface area contributed by atoms with Crippen molar-refractivity contribution in [3.05, 3.63) is 0 Å². The number of hydrogen-bond donors (Lipinski definition) is 2. The van der Waals surface area contributed by atoms with Crippen LogP contribution in [-0.4, -0.2) is 47.4 Å². The van der Waals surface area contributed by atoms with Gasteiger partial charge in [-0.2, -0.15) is 0 Å². The Labute approximate surface area is 101 Å². The number of nitrogens with zero attached hydrogens (tertiary/aromatic N) is 1. The molecule has 3 aliphatic heterocycles. The monoisotopic (exact) mass is 237 g/mol. The lowest BCUT2D eigenvalue weighted by molar-refractivity contribution is -0.155. The largest absolute Gasteiger partial charge is 0.352 e. The van der Waals surface area contributed by atoms with E-state index in [1.54, 1.807) is 0 Å². The minimum absolute atomic E-state index is 0.106. The van der Waals surface area contributed by atoms with Crippen molar-refractivity contribution in [1.29, 1.82) is 0 Å². The fourth-order valence-corrected chi connectivity index (χ4v) is 3.38. The second-order valence-corrected chi connectivity index (χ2v) is 5.93. The number of carbonyl (C=O) groups excluding carboxylic acids is 2. The number of likely N-dealkylation sites (tertiary alicyclic amines) is 1. The van der Waals surface area contributed by atoms with Gasteiger partial charge in [0.2, 0.25) is 11.8 Å². The highest BCUT2D eigenvalue weighted by Gasteiger charge is 2.67. The van der Waals surface area contributed by atoms with E-state index in [1.807, 2.05) is 0 Å². The molecule has 0 bridgehead atoms. The Morgan fingerprint density at radius 2 is 1.59 bits per heavy atom. The van der Waals surface area contributed by atoms with Gasteiger partial charge in [0.15, 0.2) is 0 Å². The quantitative estimate of drug-likeness (QED) is 0.635. The number of rotatable bonds is 2. The Morgan fingerprint density at radius 3 is 1.82 bits per heavy atom. The third kappa shape index (κ3) is 1.18. The second-order valence-electron chi connectivity index (χ2n) is 5.93. The number of β-lactam (4-membered cyclic amide) rings is 2. The van der Waals surface area contributed by atoms with Crippen LogP contribution in [0.25, 0.3) is 0 Å². The molecule has 0 aromatic rings. The first-order chi connectivity index (χ1) is 8.01. The van der Waals surface area contributed by atoms with Crippen molar-refractivity contribution in [2.24, 2.45) is 5.92 Å². The highest BCUT2D eigenvalue weighted by Crippen LogP contribution is 2.46. The Hall–Kier alpha value is -1.10. The first kappa shape index (κ1) is 11.0. The molecule has 0 radical (unpaired) electrons. The molecule has 3 heterocycles. The van der Waals surface area contributed by atoms with E-state index in [9.17, 15) is 9.59 Å². The summed E-state index contributed by atoms with van der Waals surface area (Å²) in [5.41, 5.74) is -0.774. The van der Waals surface area contributed by atoms with Gasteiger partial charge in [-0.05, 0) is 18.8 Å². The second kappa shape index (κ2) is 3.22. The van der Waals surface area contributed by atoms with Crippen LogP contribution in [0, 0.1) is 5.92 Å². The molecule has 3 rings (SSSR count). The zero-order valence-corrected chi connectivity index (χ0v) is 10.4. The fraction of sp³-hybridized carbons (Fsp3) is 0.833. The molecule has 2 atom stereocenters. The van der Waals surface area contributed by atoms with Crippen LogP contribution in [0.5, 0.6) is 0 Å². The van der Waals surface area contributed by atoms with E-state index in [4.69, 9.17) is 0 Å². The molecule has 2 amide bonds. The third-order valence-electron chi connectivity index (χ3n) is 4.46. The summed E-state index contributed by atoms with van der Waals surface area (Å²) in [4.78, 5) is 26.0. The molecule has 2 N–H and O–H groups in total. The van der Waals surface area contributed by atoms with Gasteiger partial charge in [0, 0.05) is 19.6 Å². The first-order valence-corrected chi connectivity index (χ1v) is 6.36. The molecule has 0 unspecified atom stereocenters. The highest BCUT2D eigenvalue weighted by atomic mass is 16.2. The maximum Gasteiger partial charge on any atom is 0.242 e. The van der Waals surface area contributed by atoms with Crippen LogP contribution in [0.15, 0.2) is 0 Å². The average molecular weight is 237 g/mol. The van der Waals surface area contributed by atoms with Gasteiger partial charge in [-0.3, -0.25) is 14.5 Å². The van der Waals surface area contributed by atoms with Crippen molar-refractivity contribution in [1.82, 2.24) is 15.5 Å². The molecule has 0 aliphatic carbocycles. The Balaban J connectivity index is 1.93. The minimum atomic E-state index is -0.387. The molecule has 3 aliphatic rings. The summed E-state index contributed by atoms with van der Waals surface area (Å²) < 4.78 is 0. The maximum atomic E-state index is 11.9. The summed E-state index contributed by atoms with van der Waals surface area (Å²) in [6, 6.07) is 0. The molecule has 5 heteroatoms. The molecule has 3 saturated heterocycles. The van der Waals surface area contributed by atoms with Crippen LogP contribution in [0.4, 0.5) is 0 Å². The molecular formula is C12H19N3O2. The van der Waals surface area contributed by atoms with Gasteiger partial charge >= 0.3 is 0 Å². The smallest absolute Gasteiger partial charge is 0.242 e. The number of nitrogens with one attached hydrogen (secondary N) is 2. The van der Waals surface area contributed by atoms with Crippen LogP contribution in [-0.2, 0) is 9.59 Å². The van der Waals surface area contributed by atoms with Gasteiger partial charge < -0.3 is 10.6 Å². The molecular weight excluding hydrogens is 218 g/mol. The van der Waals surface area contributed by atoms with Gasteiger partial charge in [0.05, 0.1) is 0 Å². The average Bonchev–Trinajstić information content (AvgIpc) is 2.64. The Morgan fingerprint density at radius 1 is 1.12 bits per heavy atom. The predicted molar refractivity (Wildman–Crippen MR) is 62.3 cm³/mol. The van der Waals surface area contributed by atoms with E-state index in [2.05, 4.69) is 29.4 Å². The number of carbonyl (C=O) groups is 2. The summed E-state index contributed by atoms with van der Waals surface area (Å²) in [7, 11) is 0. The molecule has 0 saturated carbocycles. The molecule has 5 nitrogen and oxygen atoms in total. The molecule has 17 heavy (non-hydrogen) atoms. The van der Waals surface area contributed by atoms with E-state index in [-0.39, 0.29) is 22.9 Å². The molecule has 0 aromatic carbocycles. The van der Waals surface area contributed by atoms with Crippen LogP contribution >= 0.6 is 0 Å². The number of hydrogen-bond acceptors (Lipinski definition) is 3. The third-order valence-corrected chi connectivity index (χ3v) is 4.46. The summed E-state index contributed by atoms with van der Waals surface area (Å²) in [6.07, 6.45) is 1.64. The van der Waals surface area contributed by atoms with Crippen LogP contribution in [0.1, 0.15) is 26.7 Å². The van der Waals surface area contributed by atoms with Crippen molar-refractivity contribution in [2.45, 2.75) is 37.8 Å². The molecule has 2 spiro atoms. The first-order valence-electron chi connectivity index (χ1n) is 6.36. The molecule has 0 aromatic heterocycles. The predicted octanol–water partition coefficient (Wildman–Crippen LogP) is -0.525. The van der Waals surface area contributed by atoms with Crippen molar-refractivity contribution in [3.8, 4) is 0 Å². The zero-order valence-electron chi connectivity index (χ0n) is 10.4. The van der Waals surface area contributed by atoms with Gasteiger partial charge in [0.1, 0.15) is 11.1 Å². The number of amides is 2. The molecule has 3 fully saturated rings. The van der Waals surface area contributed by atoms with Crippen molar-refractivity contribution < 1.29 is 9.59 Å². The van der Waals surface area contributed by atoms with Gasteiger partial charge in [-0.25, -0.2) is 0 Å². The van der Waals surface area contributed by atoms with E-state index in [0.717, 1.165) is 19.4 Å². The van der Waals surface area contributed by atoms with Gasteiger partial charge in [0.25, 0.3) is 0 Å². The summed E-state index contributed by atoms with van der Waals surface area (Å²) >= 11 is 0. The summed E-state index contributed by atoms with van der Waals surface area (Å²) in [5.74, 6) is 0.674. The standard InChI is InChI=1S/C12H19N3O2/c1-8(2)5-15-11(6-13-9(11)16)3-4-12(15)7-14-10(12)17/h8H,3-7H2,1-2H3,(H,13,16)(H,14,17)/t11-,12-/m0/s1. The highest BCUT2D eigenvalue weighted by molar-refractivity contribution is 5.98. The van der Waals surface area contributed by atoms with E-state index < -0.39 is 0 Å². The van der Waals surface area contributed by atoms with Crippen LogP contribution in [0.3, 0.4) is 0 Å². The Bertz CT molecular complexity index is 363. The Kier molecular flexibility index (Phi) is 2.09. The summed E-state index contributed by atoms with van der Waals surface area (Å²) in [5, 5.41) is 5.67. The molecule has 94 valence electrons. The van der Waals surface area contributed by atoms with Crippen LogP contribution in [0.2, 0.25) is 0 Å². The van der Waals surface area contributed by atoms with Gasteiger partial charge in [-0.1, -0.05) is 13.8 Å². The minimum Gasteiger partial charge on any atom is -0.352 e. The summed E-state index contributed by atoms with van der Waals surface area (Å²) in [6.45, 7) is 6.49. The van der Waals surface area contributed by atoms with E-state index >= 15 is 0 Å². The SMILES string of the molecule is CC(C)CN1[C@@]2(CC[C@@]13CNC3=O)CNC2=O. The van der Waals surface area contributed by atoms with Gasteiger partial charge in [-0.15, -0.1) is 0 Å². The lowest BCUT2D eigenvalue weighted by Gasteiger charge is -2.53. The zero-order chi connectivity index (χ0) is 12.3. The lowest BCUT2D eigenvalue weighted by Crippen LogP contribution is -2.79. The lowest BCUT2D eigenvalue weighted by atomic mass is 9.87. The van der Waals surface area contributed by atoms with Crippen LogP contribution < -0.4 is 10.6 Å².